The summed E-state index contributed by atoms with van der Waals surface area (Å²) in [6.45, 7) is 19.6. The first-order valence-electron chi connectivity index (χ1n) is 25.6. The average molecular weight is 1020 g/mol. The third-order valence-electron chi connectivity index (χ3n) is 19.8. The van der Waals surface area contributed by atoms with Gasteiger partial charge in [0.25, 0.3) is 0 Å². The molecule has 19 heteroatoms. The molecule has 19 nitrogen and oxygen atoms in total. The fourth-order valence-corrected chi connectivity index (χ4v) is 15.1. The first kappa shape index (κ1) is 56.8. The van der Waals surface area contributed by atoms with Gasteiger partial charge in [-0.05, 0) is 100 Å². The molecule has 0 amide bonds. The summed E-state index contributed by atoms with van der Waals surface area (Å²) < 4.78 is 41.9. The van der Waals surface area contributed by atoms with Crippen molar-refractivity contribution in [2.75, 3.05) is 20.3 Å². The van der Waals surface area contributed by atoms with Gasteiger partial charge in [-0.2, -0.15) is 0 Å². The zero-order chi connectivity index (χ0) is 53.6. The van der Waals surface area contributed by atoms with Crippen LogP contribution in [0, 0.1) is 50.2 Å². The Hall–Kier alpha value is -2.89. The Morgan fingerprint density at radius 1 is 0.722 bits per heavy atom. The molecule has 2 heterocycles. The van der Waals surface area contributed by atoms with Crippen LogP contribution in [0.5, 0.6) is 0 Å². The van der Waals surface area contributed by atoms with Gasteiger partial charge >= 0.3 is 17.9 Å². The number of allylic oxidation sites excluding steroid dienone is 3. The van der Waals surface area contributed by atoms with Crippen LogP contribution in [0.3, 0.4) is 0 Å². The summed E-state index contributed by atoms with van der Waals surface area (Å²) in [4.78, 5) is 40.2. The maximum Gasteiger partial charge on any atom is 0.337 e. The van der Waals surface area contributed by atoms with Crippen molar-refractivity contribution in [3.05, 3.63) is 34.9 Å². The number of hydrogen-bond acceptors (Lipinski definition) is 19. The fourth-order valence-electron chi connectivity index (χ4n) is 15.1. The third kappa shape index (κ3) is 8.56. The van der Waals surface area contributed by atoms with Crippen LogP contribution < -0.4 is 0 Å². The van der Waals surface area contributed by atoms with Crippen LogP contribution >= 0.6 is 0 Å². The molecule has 0 aromatic carbocycles. The van der Waals surface area contributed by atoms with Crippen molar-refractivity contribution < 1.29 is 93.5 Å². The van der Waals surface area contributed by atoms with E-state index < -0.39 is 161 Å². The number of ether oxygens (including phenoxy) is 7. The normalized spacial score (nSPS) is 47.9. The van der Waals surface area contributed by atoms with Gasteiger partial charge in [0.15, 0.2) is 24.8 Å². The molecule has 0 radical (unpaired) electrons. The lowest BCUT2D eigenvalue weighted by Gasteiger charge is -2.73. The van der Waals surface area contributed by atoms with E-state index in [0.717, 1.165) is 12.7 Å². The van der Waals surface area contributed by atoms with E-state index in [4.69, 9.17) is 33.2 Å². The Labute approximate surface area is 422 Å². The van der Waals surface area contributed by atoms with Gasteiger partial charge in [0, 0.05) is 22.0 Å². The summed E-state index contributed by atoms with van der Waals surface area (Å²) in [5.41, 5.74) is -3.86. The van der Waals surface area contributed by atoms with Crippen molar-refractivity contribution in [2.24, 2.45) is 50.2 Å². The monoisotopic (exact) mass is 1020 g/mol. The molecule has 0 aromatic rings. The molecule has 2 saturated heterocycles. The minimum atomic E-state index is -1.89. The number of fused-ring (bicyclic) bond motifs is 7. The third-order valence-corrected chi connectivity index (χ3v) is 19.8. The van der Waals surface area contributed by atoms with Crippen molar-refractivity contribution in [3.63, 3.8) is 0 Å². The van der Waals surface area contributed by atoms with Crippen LogP contribution in [0.2, 0.25) is 0 Å². The zero-order valence-corrected chi connectivity index (χ0v) is 43.9. The summed E-state index contributed by atoms with van der Waals surface area (Å²) in [5.74, 6) is -3.07. The lowest BCUT2D eigenvalue weighted by molar-refractivity contribution is -0.375. The van der Waals surface area contributed by atoms with E-state index in [-0.39, 0.29) is 17.4 Å². The van der Waals surface area contributed by atoms with Gasteiger partial charge in [-0.3, -0.25) is 0 Å². The number of aliphatic hydroxyl groups is 9. The molecule has 408 valence electrons. The van der Waals surface area contributed by atoms with Crippen molar-refractivity contribution in [2.45, 2.75) is 207 Å². The summed E-state index contributed by atoms with van der Waals surface area (Å²) in [6, 6.07) is 0. The number of esters is 3. The molecule has 0 aromatic heterocycles. The molecule has 7 rings (SSSR count). The lowest BCUT2D eigenvalue weighted by atomic mass is 9.32. The quantitative estimate of drug-likeness (QED) is 0.0469. The number of carbonyl (C=O) groups is 3. The maximum absolute atomic E-state index is 13.8. The predicted octanol–water partition coefficient (Wildman–Crippen LogP) is 1.89. The molecule has 0 spiro atoms. The number of rotatable bonds is 11. The predicted molar refractivity (Wildman–Crippen MR) is 254 cm³/mol. The van der Waals surface area contributed by atoms with Crippen molar-refractivity contribution in [1.82, 2.24) is 0 Å². The van der Waals surface area contributed by atoms with Gasteiger partial charge in [-0.15, -0.1) is 0 Å². The minimum Gasteiger partial charge on any atom is -0.467 e. The van der Waals surface area contributed by atoms with Gasteiger partial charge in [0.2, 0.25) is 0 Å². The highest BCUT2D eigenvalue weighted by Crippen LogP contribution is 2.76. The van der Waals surface area contributed by atoms with Gasteiger partial charge in [-0.1, -0.05) is 72.3 Å². The van der Waals surface area contributed by atoms with E-state index in [0.29, 0.717) is 44.1 Å². The molecular formula is C53H82O19. The van der Waals surface area contributed by atoms with E-state index in [1.54, 1.807) is 39.8 Å². The largest absolute Gasteiger partial charge is 0.467 e. The van der Waals surface area contributed by atoms with Crippen LogP contribution in [-0.2, 0) is 47.5 Å². The highest BCUT2D eigenvalue weighted by molar-refractivity contribution is 5.89. The van der Waals surface area contributed by atoms with Gasteiger partial charge < -0.3 is 79.1 Å². The second kappa shape index (κ2) is 20.2. The van der Waals surface area contributed by atoms with Gasteiger partial charge in [0.1, 0.15) is 48.8 Å². The van der Waals surface area contributed by atoms with Crippen LogP contribution in [0.25, 0.3) is 0 Å². The van der Waals surface area contributed by atoms with E-state index in [1.165, 1.54) is 0 Å². The van der Waals surface area contributed by atoms with Crippen molar-refractivity contribution >= 4 is 17.9 Å². The Kier molecular flexibility index (Phi) is 16.0. The second-order valence-electron chi connectivity index (χ2n) is 23.9. The highest BCUT2D eigenvalue weighted by atomic mass is 16.8. The lowest BCUT2D eigenvalue weighted by Crippen LogP contribution is -2.76. The van der Waals surface area contributed by atoms with Crippen molar-refractivity contribution in [3.8, 4) is 0 Å². The molecule has 9 N–H and O–H groups in total. The number of hydrogen-bond donors (Lipinski definition) is 9. The molecule has 22 atom stereocenters. The molecule has 6 fully saturated rings. The zero-order valence-electron chi connectivity index (χ0n) is 43.9. The molecule has 7 aliphatic rings. The SMILES string of the molecule is C/C=C(/C)C(=O)O[C@H]1[C@H](OC(=O)/C(C)=C\C)[C@@]2(CO)C(CC1(C)C)C1=CCC3[C@@]4(C)CC[C@H](O[C@@H]5O[C@H](C(=O)OC)[C@@H](O)[C@H](O)[C@H]5O[C@@H]5O[C@H](CO)[C@@H](O)[C@H](O)[C@H]5O)C(C)(C)C4CC[C@@]3(C)[C@]1(C)[C@@H](O)[C@H]2O. The van der Waals surface area contributed by atoms with Crippen LogP contribution in [0.1, 0.15) is 115 Å². The summed E-state index contributed by atoms with van der Waals surface area (Å²) in [6.07, 6.45) is -14.9. The van der Waals surface area contributed by atoms with E-state index >= 15 is 0 Å². The molecule has 4 saturated carbocycles. The maximum atomic E-state index is 13.8. The first-order chi connectivity index (χ1) is 33.5. The van der Waals surface area contributed by atoms with Crippen LogP contribution in [0.4, 0.5) is 0 Å². The van der Waals surface area contributed by atoms with Gasteiger partial charge in [0.05, 0.1) is 44.1 Å². The molecule has 3 unspecified atom stereocenters. The average Bonchev–Trinajstić information content (AvgIpc) is 3.34. The Balaban J connectivity index is 1.23. The Morgan fingerprint density at radius 2 is 1.33 bits per heavy atom. The second-order valence-corrected chi connectivity index (χ2v) is 23.9. The standard InChI is InChI=1S/C53H82O19/c1-13-24(3)43(63)71-41-42(72-44(64)25(4)14-2)53(23-55)27(21-48(41,5)6)26-15-16-30-50(9)19-18-31(49(7,8)29(50)17-20-51(30,10)52(26,11)39(61)40(53)62)68-47-38(35(59)34(58)37(69-47)45(65)66-12)70-46-36(60)33(57)32(56)28(22-54)67-46/h13-15,27-42,46-47,54-62H,16-23H2,1-12H3/b24-13-,25-14-/t27?,28-,29?,30?,31+,32-,33+,34+,35+,36-,37+,38-,39+,40-,41+,42+,46+,47-,50+,51-,52+,53+/m1/s1. The summed E-state index contributed by atoms with van der Waals surface area (Å²) >= 11 is 0. The molecule has 2 aliphatic heterocycles. The number of aliphatic hydroxyl groups excluding tert-OH is 9. The molecule has 5 aliphatic carbocycles. The van der Waals surface area contributed by atoms with Crippen molar-refractivity contribution in [1.29, 1.82) is 0 Å². The Morgan fingerprint density at radius 3 is 1.90 bits per heavy atom. The minimum absolute atomic E-state index is 0.0498. The van der Waals surface area contributed by atoms with Crippen LogP contribution in [-0.4, -0.2) is 176 Å². The summed E-state index contributed by atoms with van der Waals surface area (Å²) in [7, 11) is 1.09. The topological polar surface area (TPSA) is 298 Å². The van der Waals surface area contributed by atoms with E-state index in [9.17, 15) is 60.3 Å². The molecule has 72 heavy (non-hydrogen) atoms. The Bertz CT molecular complexity index is 2140. The molecule has 0 bridgehead atoms. The molecular weight excluding hydrogens is 941 g/mol. The highest BCUT2D eigenvalue weighted by Gasteiger charge is 2.76. The van der Waals surface area contributed by atoms with E-state index in [2.05, 4.69) is 33.8 Å². The summed E-state index contributed by atoms with van der Waals surface area (Å²) in [5, 5.41) is 102. The number of carbonyl (C=O) groups excluding carboxylic acids is 3. The van der Waals surface area contributed by atoms with Gasteiger partial charge in [-0.25, -0.2) is 14.4 Å². The number of methoxy groups -OCH3 is 1. The van der Waals surface area contributed by atoms with Crippen LogP contribution in [0.15, 0.2) is 34.9 Å². The first-order valence-corrected chi connectivity index (χ1v) is 25.6. The smallest absolute Gasteiger partial charge is 0.337 e. The fraction of sp³-hybridized carbons (Fsp3) is 0.830. The van der Waals surface area contributed by atoms with E-state index in [1.807, 2.05) is 20.8 Å².